The number of phenolic OH excluding ortho intramolecular Hbond substituents is 1. The molecule has 0 unspecified atom stereocenters. The molecule has 2 N–H and O–H groups in total. The Hall–Kier alpha value is -0.210. The number of benzene rings is 1. The van der Waals surface area contributed by atoms with Gasteiger partial charge in [0.05, 0.1) is 10.0 Å². The van der Waals surface area contributed by atoms with Gasteiger partial charge >= 0.3 is 6.18 Å². The van der Waals surface area contributed by atoms with E-state index in [2.05, 4.69) is 21.2 Å². The molecule has 0 aromatic heterocycles. The SMILES string of the molecule is CCC[C@H](c1c(C(F)(F)F)ccc(Br)c1O)N1CCNCC1.Cl.Cl. The van der Waals surface area contributed by atoms with Gasteiger partial charge in [-0.1, -0.05) is 13.3 Å². The second-order valence-corrected chi connectivity index (χ2v) is 6.30. The van der Waals surface area contributed by atoms with Crippen molar-refractivity contribution >= 4 is 40.7 Å². The van der Waals surface area contributed by atoms with Gasteiger partial charge < -0.3 is 10.4 Å². The topological polar surface area (TPSA) is 35.5 Å². The number of phenols is 1. The average molecular weight is 454 g/mol. The van der Waals surface area contributed by atoms with Gasteiger partial charge in [-0.05, 0) is 34.5 Å². The van der Waals surface area contributed by atoms with Gasteiger partial charge in [0, 0.05) is 37.8 Å². The Kier molecular flexibility index (Phi) is 9.98. The van der Waals surface area contributed by atoms with E-state index < -0.39 is 17.8 Å². The van der Waals surface area contributed by atoms with Crippen molar-refractivity contribution in [2.75, 3.05) is 26.2 Å². The third kappa shape index (κ3) is 5.39. The van der Waals surface area contributed by atoms with Gasteiger partial charge in [-0.2, -0.15) is 13.2 Å². The van der Waals surface area contributed by atoms with Gasteiger partial charge in [0.25, 0.3) is 0 Å². The third-order valence-electron chi connectivity index (χ3n) is 3.96. The van der Waals surface area contributed by atoms with Gasteiger partial charge in [-0.25, -0.2) is 0 Å². The highest BCUT2D eigenvalue weighted by Gasteiger charge is 2.38. The molecule has 0 radical (unpaired) electrons. The first kappa shape index (κ1) is 23.8. The van der Waals surface area contributed by atoms with E-state index in [9.17, 15) is 18.3 Å². The molecule has 1 fully saturated rings. The number of hydrogen-bond acceptors (Lipinski definition) is 3. The van der Waals surface area contributed by atoms with Crippen molar-refractivity contribution in [1.29, 1.82) is 0 Å². The van der Waals surface area contributed by atoms with E-state index in [0.29, 0.717) is 24.0 Å². The fraction of sp³-hybridized carbons (Fsp3) is 0.600. The molecular formula is C15H22BrCl2F3N2O. The molecule has 1 atom stereocenters. The lowest BCUT2D eigenvalue weighted by Gasteiger charge is -2.36. The Bertz CT molecular complexity index is 526. The fourth-order valence-electron chi connectivity index (χ4n) is 2.94. The fourth-order valence-corrected chi connectivity index (χ4v) is 3.29. The molecule has 2 rings (SSSR count). The largest absolute Gasteiger partial charge is 0.506 e. The maximum absolute atomic E-state index is 13.4. The molecule has 1 saturated heterocycles. The molecule has 0 bridgehead atoms. The van der Waals surface area contributed by atoms with Crippen LogP contribution in [0.25, 0.3) is 0 Å². The predicted molar refractivity (Wildman–Crippen MR) is 97.4 cm³/mol. The van der Waals surface area contributed by atoms with Crippen molar-refractivity contribution in [1.82, 2.24) is 10.2 Å². The normalized spacial score (nSPS) is 16.9. The van der Waals surface area contributed by atoms with Crippen LogP contribution < -0.4 is 5.32 Å². The molecule has 1 aromatic carbocycles. The van der Waals surface area contributed by atoms with Crippen LogP contribution in [0.5, 0.6) is 5.75 Å². The minimum atomic E-state index is -4.48. The summed E-state index contributed by atoms with van der Waals surface area (Å²) in [5, 5.41) is 13.5. The van der Waals surface area contributed by atoms with Crippen LogP contribution in [-0.4, -0.2) is 36.2 Å². The van der Waals surface area contributed by atoms with E-state index in [0.717, 1.165) is 25.6 Å². The summed E-state index contributed by atoms with van der Waals surface area (Å²) < 4.78 is 40.4. The van der Waals surface area contributed by atoms with E-state index in [1.807, 2.05) is 11.8 Å². The van der Waals surface area contributed by atoms with Crippen molar-refractivity contribution in [3.05, 3.63) is 27.7 Å². The highest BCUT2D eigenvalue weighted by Crippen LogP contribution is 2.45. The number of aromatic hydroxyl groups is 1. The summed E-state index contributed by atoms with van der Waals surface area (Å²) in [5.74, 6) is -0.299. The molecule has 0 aliphatic carbocycles. The molecule has 1 aliphatic heterocycles. The van der Waals surface area contributed by atoms with Gasteiger partial charge in [0.1, 0.15) is 5.75 Å². The van der Waals surface area contributed by atoms with Crippen molar-refractivity contribution in [2.45, 2.75) is 32.0 Å². The van der Waals surface area contributed by atoms with Crippen molar-refractivity contribution < 1.29 is 18.3 Å². The highest BCUT2D eigenvalue weighted by atomic mass is 79.9. The number of piperazine rings is 1. The smallest absolute Gasteiger partial charge is 0.416 e. The second kappa shape index (κ2) is 10.1. The Morgan fingerprint density at radius 1 is 1.25 bits per heavy atom. The Labute approximate surface area is 160 Å². The van der Waals surface area contributed by atoms with Crippen molar-refractivity contribution in [3.8, 4) is 5.75 Å². The summed E-state index contributed by atoms with van der Waals surface area (Å²) in [4.78, 5) is 2.02. The number of rotatable bonds is 4. The van der Waals surface area contributed by atoms with Gasteiger partial charge in [0.15, 0.2) is 0 Å². The lowest BCUT2D eigenvalue weighted by atomic mass is 9.93. The number of nitrogens with zero attached hydrogens (tertiary/aromatic N) is 1. The minimum Gasteiger partial charge on any atom is -0.506 e. The maximum Gasteiger partial charge on any atom is 0.416 e. The van der Waals surface area contributed by atoms with E-state index in [4.69, 9.17) is 0 Å². The highest BCUT2D eigenvalue weighted by molar-refractivity contribution is 9.10. The van der Waals surface area contributed by atoms with Gasteiger partial charge in [-0.3, -0.25) is 4.90 Å². The summed E-state index contributed by atoms with van der Waals surface area (Å²) in [7, 11) is 0. The Morgan fingerprint density at radius 2 is 1.83 bits per heavy atom. The van der Waals surface area contributed by atoms with Crippen LogP contribution in [0.3, 0.4) is 0 Å². The molecule has 0 spiro atoms. The summed E-state index contributed by atoms with van der Waals surface area (Å²) >= 11 is 3.14. The van der Waals surface area contributed by atoms with Crippen LogP contribution in [0.4, 0.5) is 13.2 Å². The molecule has 0 saturated carbocycles. The first-order valence-corrected chi connectivity index (χ1v) is 8.19. The lowest BCUT2D eigenvalue weighted by Crippen LogP contribution is -2.45. The zero-order chi connectivity index (χ0) is 16.3. The average Bonchev–Trinajstić information content (AvgIpc) is 2.47. The van der Waals surface area contributed by atoms with Gasteiger partial charge in [0.2, 0.25) is 0 Å². The number of halogens is 6. The summed E-state index contributed by atoms with van der Waals surface area (Å²) in [6.45, 7) is 4.78. The molecular weight excluding hydrogens is 432 g/mol. The predicted octanol–water partition coefficient (Wildman–Crippen LogP) is 4.76. The number of alkyl halides is 3. The van der Waals surface area contributed by atoms with Crippen LogP contribution in [0.2, 0.25) is 0 Å². The zero-order valence-corrected chi connectivity index (χ0v) is 16.4. The molecule has 1 aromatic rings. The molecule has 24 heavy (non-hydrogen) atoms. The van der Waals surface area contributed by atoms with E-state index >= 15 is 0 Å². The van der Waals surface area contributed by atoms with E-state index in [1.54, 1.807) is 0 Å². The summed E-state index contributed by atoms with van der Waals surface area (Å²) in [6.07, 6.45) is -3.15. The molecule has 1 aliphatic rings. The van der Waals surface area contributed by atoms with Crippen LogP contribution in [0.15, 0.2) is 16.6 Å². The second-order valence-electron chi connectivity index (χ2n) is 5.45. The van der Waals surface area contributed by atoms with E-state index in [-0.39, 0.29) is 36.1 Å². The molecule has 140 valence electrons. The van der Waals surface area contributed by atoms with Crippen LogP contribution in [-0.2, 0) is 6.18 Å². The molecule has 3 nitrogen and oxygen atoms in total. The standard InChI is InChI=1S/C15H20BrF3N2O.2ClH/c1-2-3-12(21-8-6-20-7-9-21)13-10(15(17,18)19)4-5-11(16)14(13)22;;/h4-5,12,20,22H,2-3,6-9H2,1H3;2*1H/t12-;;/m1../s1. The molecule has 9 heteroatoms. The number of hydrogen-bond donors (Lipinski definition) is 2. The monoisotopic (exact) mass is 452 g/mol. The quantitative estimate of drug-likeness (QED) is 0.689. The zero-order valence-electron chi connectivity index (χ0n) is 13.2. The van der Waals surface area contributed by atoms with Crippen molar-refractivity contribution in [3.63, 3.8) is 0 Å². The Morgan fingerprint density at radius 3 is 2.33 bits per heavy atom. The lowest BCUT2D eigenvalue weighted by molar-refractivity contribution is -0.139. The first-order valence-electron chi connectivity index (χ1n) is 7.39. The minimum absolute atomic E-state index is 0. The van der Waals surface area contributed by atoms with Gasteiger partial charge in [-0.15, -0.1) is 24.8 Å². The van der Waals surface area contributed by atoms with Crippen LogP contribution in [0, 0.1) is 0 Å². The first-order chi connectivity index (χ1) is 10.4. The van der Waals surface area contributed by atoms with Crippen molar-refractivity contribution in [2.24, 2.45) is 0 Å². The third-order valence-corrected chi connectivity index (χ3v) is 4.60. The maximum atomic E-state index is 13.4. The van der Waals surface area contributed by atoms with E-state index in [1.165, 1.54) is 6.07 Å². The number of nitrogens with one attached hydrogen (secondary N) is 1. The summed E-state index contributed by atoms with van der Waals surface area (Å²) in [5.41, 5.74) is -0.754. The Balaban J connectivity index is 0.00000264. The molecule has 0 amide bonds. The van der Waals surface area contributed by atoms with Crippen LogP contribution >= 0.6 is 40.7 Å². The molecule has 1 heterocycles. The van der Waals surface area contributed by atoms with Crippen LogP contribution in [0.1, 0.15) is 36.9 Å². The summed E-state index contributed by atoms with van der Waals surface area (Å²) in [6, 6.07) is 1.87.